The van der Waals surface area contributed by atoms with Crippen LogP contribution in [-0.2, 0) is 19.5 Å². The second-order valence-corrected chi connectivity index (χ2v) is 7.09. The number of hydrogen-bond donors (Lipinski definition) is 1. The van der Waals surface area contributed by atoms with Gasteiger partial charge in [0.15, 0.2) is 0 Å². The van der Waals surface area contributed by atoms with Crippen LogP contribution in [0.2, 0.25) is 5.02 Å². The maximum atomic E-state index is 12.3. The molecule has 0 aliphatic carbocycles. The minimum Gasteiger partial charge on any atom is -0.366 e. The lowest BCUT2D eigenvalue weighted by atomic mass is 10.00. The highest BCUT2D eigenvalue weighted by atomic mass is 35.5. The number of rotatable bonds is 4. The fourth-order valence-electron chi connectivity index (χ4n) is 3.30. The Balaban J connectivity index is 1.38. The summed E-state index contributed by atoms with van der Waals surface area (Å²) in [6.07, 6.45) is 2.81. The van der Waals surface area contributed by atoms with Gasteiger partial charge in [0.1, 0.15) is 5.69 Å². The van der Waals surface area contributed by atoms with Crippen molar-refractivity contribution in [2.45, 2.75) is 19.5 Å². The van der Waals surface area contributed by atoms with Crippen molar-refractivity contribution in [2.75, 3.05) is 11.4 Å². The van der Waals surface area contributed by atoms with E-state index in [0.717, 1.165) is 30.8 Å². The highest BCUT2D eigenvalue weighted by molar-refractivity contribution is 6.30. The number of nitrogens with one attached hydrogen (secondary N) is 1. The first kappa shape index (κ1) is 17.6. The van der Waals surface area contributed by atoms with E-state index in [4.69, 9.17) is 11.6 Å². The molecule has 0 fully saturated rings. The molecule has 3 aromatic rings. The summed E-state index contributed by atoms with van der Waals surface area (Å²) >= 11 is 5.88. The second-order valence-electron chi connectivity index (χ2n) is 6.65. The fraction of sp³-hybridized carbons (Fsp3) is 0.182. The third-order valence-corrected chi connectivity index (χ3v) is 5.09. The van der Waals surface area contributed by atoms with Crippen LogP contribution in [0.3, 0.4) is 0 Å². The van der Waals surface area contributed by atoms with Crippen LogP contribution in [0.1, 0.15) is 27.2 Å². The minimum atomic E-state index is -0.180. The van der Waals surface area contributed by atoms with Crippen molar-refractivity contribution in [3.63, 3.8) is 0 Å². The number of amides is 1. The largest absolute Gasteiger partial charge is 0.366 e. The molecule has 0 spiro atoms. The van der Waals surface area contributed by atoms with E-state index in [1.807, 2.05) is 30.3 Å². The topological polar surface area (TPSA) is 45.2 Å². The van der Waals surface area contributed by atoms with Gasteiger partial charge in [-0.2, -0.15) is 0 Å². The number of nitrogens with zero attached hydrogens (tertiary/aromatic N) is 2. The first-order valence-electron chi connectivity index (χ1n) is 8.99. The average molecular weight is 378 g/mol. The molecular formula is C22H20ClN3O. The molecule has 0 saturated heterocycles. The van der Waals surface area contributed by atoms with Gasteiger partial charge in [-0.25, -0.2) is 4.98 Å². The number of halogens is 1. The molecule has 136 valence electrons. The van der Waals surface area contributed by atoms with E-state index < -0.39 is 0 Å². The van der Waals surface area contributed by atoms with Crippen molar-refractivity contribution in [3.8, 4) is 0 Å². The van der Waals surface area contributed by atoms with Crippen LogP contribution < -0.4 is 10.2 Å². The Morgan fingerprint density at radius 2 is 1.81 bits per heavy atom. The molecule has 27 heavy (non-hydrogen) atoms. The van der Waals surface area contributed by atoms with Crippen LogP contribution in [0.15, 0.2) is 66.9 Å². The van der Waals surface area contributed by atoms with Crippen molar-refractivity contribution >= 4 is 23.2 Å². The summed E-state index contributed by atoms with van der Waals surface area (Å²) in [7, 11) is 0. The Bertz CT molecular complexity index is 939. The van der Waals surface area contributed by atoms with E-state index >= 15 is 0 Å². The van der Waals surface area contributed by atoms with Gasteiger partial charge in [0.25, 0.3) is 5.91 Å². The van der Waals surface area contributed by atoms with E-state index in [2.05, 4.69) is 39.5 Å². The van der Waals surface area contributed by atoms with Gasteiger partial charge in [0.2, 0.25) is 0 Å². The Labute approximate surface area is 163 Å². The molecule has 0 saturated carbocycles. The smallest absolute Gasteiger partial charge is 0.270 e. The number of fused-ring (bicyclic) bond motifs is 1. The van der Waals surface area contributed by atoms with Crippen LogP contribution in [0, 0.1) is 0 Å². The standard InChI is InChI=1S/C22H20ClN3O/c23-19-7-5-16(6-8-19)13-25-22(27)21-10-9-20(14-24-21)26-12-11-17-3-1-2-4-18(17)15-26/h1-10,14H,11-13,15H2,(H,25,27). The Kier molecular flexibility index (Phi) is 5.07. The van der Waals surface area contributed by atoms with Crippen molar-refractivity contribution in [1.29, 1.82) is 0 Å². The molecule has 1 aromatic heterocycles. The molecule has 0 atom stereocenters. The lowest BCUT2D eigenvalue weighted by molar-refractivity contribution is 0.0946. The van der Waals surface area contributed by atoms with Crippen LogP contribution in [0.5, 0.6) is 0 Å². The van der Waals surface area contributed by atoms with Crippen LogP contribution in [-0.4, -0.2) is 17.4 Å². The molecule has 2 aromatic carbocycles. The van der Waals surface area contributed by atoms with Gasteiger partial charge in [-0.15, -0.1) is 0 Å². The zero-order valence-electron chi connectivity index (χ0n) is 14.9. The molecule has 1 aliphatic rings. The van der Waals surface area contributed by atoms with E-state index in [-0.39, 0.29) is 5.91 Å². The molecule has 2 heterocycles. The predicted octanol–water partition coefficient (Wildman–Crippen LogP) is 4.23. The molecule has 4 nitrogen and oxygen atoms in total. The van der Waals surface area contributed by atoms with E-state index in [0.29, 0.717) is 17.3 Å². The molecule has 1 aliphatic heterocycles. The van der Waals surface area contributed by atoms with Crippen LogP contribution >= 0.6 is 11.6 Å². The van der Waals surface area contributed by atoms with Crippen molar-refractivity contribution in [3.05, 3.63) is 94.3 Å². The minimum absolute atomic E-state index is 0.180. The van der Waals surface area contributed by atoms with Crippen molar-refractivity contribution < 1.29 is 4.79 Å². The fourth-order valence-corrected chi connectivity index (χ4v) is 3.42. The molecule has 0 unspecified atom stereocenters. The Morgan fingerprint density at radius 3 is 2.56 bits per heavy atom. The lowest BCUT2D eigenvalue weighted by Gasteiger charge is -2.30. The van der Waals surface area contributed by atoms with Gasteiger partial charge in [-0.3, -0.25) is 4.79 Å². The number of benzene rings is 2. The van der Waals surface area contributed by atoms with Gasteiger partial charge in [0, 0.05) is 24.7 Å². The molecular weight excluding hydrogens is 358 g/mol. The summed E-state index contributed by atoms with van der Waals surface area (Å²) in [4.78, 5) is 19.0. The van der Waals surface area contributed by atoms with Gasteiger partial charge in [-0.05, 0) is 47.4 Å². The normalized spacial score (nSPS) is 13.1. The first-order valence-corrected chi connectivity index (χ1v) is 9.37. The molecule has 1 N–H and O–H groups in total. The summed E-state index contributed by atoms with van der Waals surface area (Å²) < 4.78 is 0. The number of hydrogen-bond acceptors (Lipinski definition) is 3. The third-order valence-electron chi connectivity index (χ3n) is 4.84. The number of pyridine rings is 1. The van der Waals surface area contributed by atoms with Crippen LogP contribution in [0.25, 0.3) is 0 Å². The first-order chi connectivity index (χ1) is 13.2. The quantitative estimate of drug-likeness (QED) is 0.740. The van der Waals surface area contributed by atoms with Gasteiger partial charge >= 0.3 is 0 Å². The maximum absolute atomic E-state index is 12.3. The third kappa shape index (κ3) is 4.12. The van der Waals surface area contributed by atoms with E-state index in [9.17, 15) is 4.79 Å². The Morgan fingerprint density at radius 1 is 1.04 bits per heavy atom. The molecule has 4 rings (SSSR count). The highest BCUT2D eigenvalue weighted by Gasteiger charge is 2.17. The van der Waals surface area contributed by atoms with Gasteiger partial charge in [-0.1, -0.05) is 48.0 Å². The average Bonchev–Trinajstić information content (AvgIpc) is 2.73. The highest BCUT2D eigenvalue weighted by Crippen LogP contribution is 2.23. The zero-order chi connectivity index (χ0) is 18.6. The summed E-state index contributed by atoms with van der Waals surface area (Å²) in [5.74, 6) is -0.180. The number of carbonyl (C=O) groups excluding carboxylic acids is 1. The van der Waals surface area contributed by atoms with E-state index in [1.54, 1.807) is 12.3 Å². The summed E-state index contributed by atoms with van der Waals surface area (Å²) in [6.45, 7) is 2.28. The number of anilines is 1. The zero-order valence-corrected chi connectivity index (χ0v) is 15.6. The summed E-state index contributed by atoms with van der Waals surface area (Å²) in [5, 5.41) is 3.57. The molecule has 0 bridgehead atoms. The van der Waals surface area contributed by atoms with Crippen molar-refractivity contribution in [2.24, 2.45) is 0 Å². The lowest BCUT2D eigenvalue weighted by Crippen LogP contribution is -2.30. The summed E-state index contributed by atoms with van der Waals surface area (Å²) in [6, 6.07) is 19.7. The van der Waals surface area contributed by atoms with Crippen LogP contribution in [0.4, 0.5) is 5.69 Å². The number of aromatic nitrogens is 1. The monoisotopic (exact) mass is 377 g/mol. The second kappa shape index (κ2) is 7.80. The molecule has 5 heteroatoms. The predicted molar refractivity (Wildman–Crippen MR) is 108 cm³/mol. The molecule has 1 amide bonds. The van der Waals surface area contributed by atoms with Crippen molar-refractivity contribution in [1.82, 2.24) is 10.3 Å². The molecule has 0 radical (unpaired) electrons. The number of carbonyl (C=O) groups is 1. The maximum Gasteiger partial charge on any atom is 0.270 e. The summed E-state index contributed by atoms with van der Waals surface area (Å²) in [5.41, 5.74) is 5.23. The Hall–Kier alpha value is -2.85. The SMILES string of the molecule is O=C(NCc1ccc(Cl)cc1)c1ccc(N2CCc3ccccc3C2)cn1. The van der Waals surface area contributed by atoms with Gasteiger partial charge in [0.05, 0.1) is 11.9 Å². The van der Waals surface area contributed by atoms with Gasteiger partial charge < -0.3 is 10.2 Å². The van der Waals surface area contributed by atoms with E-state index in [1.165, 1.54) is 11.1 Å².